The van der Waals surface area contributed by atoms with Gasteiger partial charge in [0.1, 0.15) is 0 Å². The molecule has 3 rings (SSSR count). The van der Waals surface area contributed by atoms with E-state index < -0.39 is 0 Å². The van der Waals surface area contributed by atoms with E-state index in [9.17, 15) is 0 Å². The van der Waals surface area contributed by atoms with Crippen molar-refractivity contribution in [3.05, 3.63) is 71.8 Å². The Morgan fingerprint density at radius 2 is 1.54 bits per heavy atom. The first-order chi connectivity index (χ1) is 12.6. The maximum Gasteiger partial charge on any atom is 0.0409 e. The lowest BCUT2D eigenvalue weighted by Crippen LogP contribution is -2.72. The van der Waals surface area contributed by atoms with Crippen LogP contribution in [0.5, 0.6) is 0 Å². The summed E-state index contributed by atoms with van der Waals surface area (Å²) in [6.07, 6.45) is 8.64. The number of nitrogens with two attached hydrogens (primary N) is 2. The maximum absolute atomic E-state index is 7.28. The van der Waals surface area contributed by atoms with Gasteiger partial charge in [-0.2, -0.15) is 0 Å². The summed E-state index contributed by atoms with van der Waals surface area (Å²) in [6.45, 7) is 2.24. The highest BCUT2D eigenvalue weighted by atomic mass is 14.9. The van der Waals surface area contributed by atoms with Gasteiger partial charge in [-0.1, -0.05) is 86.8 Å². The number of rotatable bonds is 7. The first-order valence-electron chi connectivity index (χ1n) is 10.2. The molecule has 2 aromatic rings. The van der Waals surface area contributed by atoms with Gasteiger partial charge >= 0.3 is 0 Å². The molecule has 2 nitrogen and oxygen atoms in total. The lowest BCUT2D eigenvalue weighted by molar-refractivity contribution is 0.0701. The molecule has 0 aliphatic heterocycles. The number of hydrogen-bond acceptors (Lipinski definition) is 2. The molecule has 0 radical (unpaired) electrons. The van der Waals surface area contributed by atoms with Gasteiger partial charge in [0.15, 0.2) is 0 Å². The van der Waals surface area contributed by atoms with Crippen molar-refractivity contribution in [1.29, 1.82) is 0 Å². The van der Waals surface area contributed by atoms with Crippen LogP contribution in [0.1, 0.15) is 56.6 Å². The van der Waals surface area contributed by atoms with E-state index in [0.29, 0.717) is 5.92 Å². The average molecular weight is 351 g/mol. The van der Waals surface area contributed by atoms with E-state index in [2.05, 4.69) is 67.6 Å². The summed E-state index contributed by atoms with van der Waals surface area (Å²) in [4.78, 5) is 0. The van der Waals surface area contributed by atoms with Crippen LogP contribution in [0.25, 0.3) is 0 Å². The van der Waals surface area contributed by atoms with Crippen LogP contribution in [0.3, 0.4) is 0 Å². The Hall–Kier alpha value is -1.64. The molecule has 0 heterocycles. The minimum absolute atomic E-state index is 0.281. The van der Waals surface area contributed by atoms with Gasteiger partial charge in [-0.05, 0) is 49.1 Å². The third-order valence-corrected chi connectivity index (χ3v) is 6.47. The van der Waals surface area contributed by atoms with Crippen molar-refractivity contribution in [1.82, 2.24) is 0 Å². The molecular weight excluding hydrogens is 316 g/mol. The standard InChI is InChI=1S/C24H34N2/c1-2-3-16-23(25)17-10-15-22(18-20-11-6-4-7-12-20)24(23,26)19-21-13-8-5-9-14-21/h4-9,11-14,22H,2-3,10,15-19,25-26H2,1H3. The quantitative estimate of drug-likeness (QED) is 0.749. The van der Waals surface area contributed by atoms with Crippen LogP contribution >= 0.6 is 0 Å². The van der Waals surface area contributed by atoms with Crippen LogP contribution in [0.2, 0.25) is 0 Å². The fraction of sp³-hybridized carbons (Fsp3) is 0.500. The number of benzene rings is 2. The molecule has 3 unspecified atom stereocenters. The zero-order chi connectivity index (χ0) is 18.5. The van der Waals surface area contributed by atoms with Gasteiger partial charge in [0.05, 0.1) is 0 Å². The van der Waals surface area contributed by atoms with Crippen LogP contribution in [0, 0.1) is 5.92 Å². The van der Waals surface area contributed by atoms with Crippen molar-refractivity contribution in [2.45, 2.75) is 69.4 Å². The van der Waals surface area contributed by atoms with Crippen LogP contribution in [0.15, 0.2) is 60.7 Å². The Morgan fingerprint density at radius 1 is 0.923 bits per heavy atom. The fourth-order valence-electron chi connectivity index (χ4n) is 4.85. The predicted octanol–water partition coefficient (Wildman–Crippen LogP) is 4.86. The summed E-state index contributed by atoms with van der Waals surface area (Å²) < 4.78 is 0. The summed E-state index contributed by atoms with van der Waals surface area (Å²) in [7, 11) is 0. The molecule has 2 heteroatoms. The van der Waals surface area contributed by atoms with Gasteiger partial charge in [-0.3, -0.25) is 0 Å². The van der Waals surface area contributed by atoms with Crippen LogP contribution in [-0.2, 0) is 12.8 Å². The summed E-state index contributed by atoms with van der Waals surface area (Å²) in [6, 6.07) is 21.5. The SMILES string of the molecule is CCCCC1(N)CCCC(Cc2ccccc2)C1(N)Cc1ccccc1. The van der Waals surface area contributed by atoms with Crippen molar-refractivity contribution >= 4 is 0 Å². The first kappa shape index (κ1) is 19.1. The Morgan fingerprint density at radius 3 is 2.15 bits per heavy atom. The van der Waals surface area contributed by atoms with Gasteiger partial charge in [-0.15, -0.1) is 0 Å². The zero-order valence-electron chi connectivity index (χ0n) is 16.2. The molecule has 1 fully saturated rings. The number of hydrogen-bond donors (Lipinski definition) is 2. The minimum atomic E-state index is -0.363. The van der Waals surface area contributed by atoms with Crippen molar-refractivity contribution in [3.63, 3.8) is 0 Å². The van der Waals surface area contributed by atoms with Crippen molar-refractivity contribution in [2.24, 2.45) is 17.4 Å². The molecule has 4 N–H and O–H groups in total. The highest BCUT2D eigenvalue weighted by Gasteiger charge is 2.52. The normalized spacial score (nSPS) is 28.8. The molecular formula is C24H34N2. The second-order valence-corrected chi connectivity index (χ2v) is 8.24. The number of unbranched alkanes of at least 4 members (excludes halogenated alkanes) is 1. The molecule has 26 heavy (non-hydrogen) atoms. The molecule has 0 spiro atoms. The lowest BCUT2D eigenvalue weighted by atomic mass is 9.57. The van der Waals surface area contributed by atoms with Gasteiger partial charge in [0.25, 0.3) is 0 Å². The molecule has 0 amide bonds. The van der Waals surface area contributed by atoms with Crippen molar-refractivity contribution in [3.8, 4) is 0 Å². The molecule has 1 aliphatic rings. The van der Waals surface area contributed by atoms with Gasteiger partial charge < -0.3 is 11.5 Å². The van der Waals surface area contributed by atoms with E-state index in [0.717, 1.165) is 32.1 Å². The van der Waals surface area contributed by atoms with Crippen LogP contribution in [0.4, 0.5) is 0 Å². The van der Waals surface area contributed by atoms with E-state index in [-0.39, 0.29) is 11.1 Å². The molecule has 1 saturated carbocycles. The summed E-state index contributed by atoms with van der Waals surface area (Å²) in [5, 5.41) is 0. The van der Waals surface area contributed by atoms with E-state index in [1.807, 2.05) is 0 Å². The topological polar surface area (TPSA) is 52.0 Å². The minimum Gasteiger partial charge on any atom is -0.324 e. The molecule has 1 aliphatic carbocycles. The monoisotopic (exact) mass is 350 g/mol. The molecule has 0 saturated heterocycles. The van der Waals surface area contributed by atoms with Crippen LogP contribution in [-0.4, -0.2) is 11.1 Å². The Bertz CT molecular complexity index is 669. The summed E-state index contributed by atoms with van der Waals surface area (Å²) in [5.74, 6) is 0.417. The smallest absolute Gasteiger partial charge is 0.0409 e. The van der Waals surface area contributed by atoms with E-state index in [1.165, 1.54) is 30.4 Å². The Kier molecular flexibility index (Phi) is 6.16. The van der Waals surface area contributed by atoms with E-state index in [1.54, 1.807) is 0 Å². The third kappa shape index (κ3) is 4.02. The Balaban J connectivity index is 1.92. The fourth-order valence-corrected chi connectivity index (χ4v) is 4.85. The summed E-state index contributed by atoms with van der Waals surface area (Å²) in [5.41, 5.74) is 16.4. The van der Waals surface area contributed by atoms with E-state index >= 15 is 0 Å². The lowest BCUT2D eigenvalue weighted by Gasteiger charge is -2.55. The Labute approximate surface area is 159 Å². The molecule has 0 bridgehead atoms. The second-order valence-electron chi connectivity index (χ2n) is 8.24. The molecule has 2 aromatic carbocycles. The zero-order valence-corrected chi connectivity index (χ0v) is 16.2. The first-order valence-corrected chi connectivity index (χ1v) is 10.2. The molecule has 140 valence electrons. The van der Waals surface area contributed by atoms with Gasteiger partial charge in [-0.25, -0.2) is 0 Å². The maximum atomic E-state index is 7.28. The third-order valence-electron chi connectivity index (χ3n) is 6.47. The largest absolute Gasteiger partial charge is 0.324 e. The highest BCUT2D eigenvalue weighted by molar-refractivity contribution is 5.26. The van der Waals surface area contributed by atoms with Crippen molar-refractivity contribution in [2.75, 3.05) is 0 Å². The molecule has 3 atom stereocenters. The summed E-state index contributed by atoms with van der Waals surface area (Å²) >= 11 is 0. The van der Waals surface area contributed by atoms with Gasteiger partial charge in [0, 0.05) is 11.1 Å². The van der Waals surface area contributed by atoms with E-state index in [4.69, 9.17) is 11.5 Å². The van der Waals surface area contributed by atoms with Crippen LogP contribution < -0.4 is 11.5 Å². The molecule has 0 aromatic heterocycles. The van der Waals surface area contributed by atoms with Crippen molar-refractivity contribution < 1.29 is 0 Å². The average Bonchev–Trinajstić information content (AvgIpc) is 2.66. The predicted molar refractivity (Wildman–Crippen MR) is 111 cm³/mol. The van der Waals surface area contributed by atoms with Gasteiger partial charge in [0.2, 0.25) is 0 Å². The highest BCUT2D eigenvalue weighted by Crippen LogP contribution is 2.44. The second kappa shape index (κ2) is 8.37.